The van der Waals surface area contributed by atoms with Gasteiger partial charge in [-0.3, -0.25) is 0 Å². The minimum atomic E-state index is -0.466. The normalized spacial score (nSPS) is 18.0. The highest BCUT2D eigenvalue weighted by atomic mass is 19.1. The zero-order valence-corrected chi connectivity index (χ0v) is 12.7. The van der Waals surface area contributed by atoms with Crippen molar-refractivity contribution in [2.24, 2.45) is 0 Å². The van der Waals surface area contributed by atoms with Gasteiger partial charge in [-0.05, 0) is 38.8 Å². The van der Waals surface area contributed by atoms with Gasteiger partial charge in [0.1, 0.15) is 5.82 Å². The second kappa shape index (κ2) is 6.43. The first-order valence-corrected chi connectivity index (χ1v) is 7.20. The van der Waals surface area contributed by atoms with Crippen molar-refractivity contribution >= 4 is 6.09 Å². The molecule has 1 aliphatic heterocycles. The van der Waals surface area contributed by atoms with Gasteiger partial charge in [0.05, 0.1) is 19.3 Å². The number of rotatable bonds is 3. The minimum Gasteiger partial charge on any atom is -0.449 e. The maximum absolute atomic E-state index is 13.9. The molecule has 5 heteroatoms. The number of hydrogen-bond donors (Lipinski definition) is 1. The van der Waals surface area contributed by atoms with E-state index in [2.05, 4.69) is 5.32 Å². The van der Waals surface area contributed by atoms with Gasteiger partial charge in [-0.25, -0.2) is 9.18 Å². The van der Waals surface area contributed by atoms with E-state index in [0.29, 0.717) is 18.6 Å². The van der Waals surface area contributed by atoms with E-state index in [4.69, 9.17) is 9.47 Å². The van der Waals surface area contributed by atoms with E-state index >= 15 is 0 Å². The first-order valence-electron chi connectivity index (χ1n) is 7.20. The SMILES string of the molecule is CC(C)(C)NC(=O)OCCC1OCCc2cccc(F)c21. The van der Waals surface area contributed by atoms with Gasteiger partial charge in [0.25, 0.3) is 0 Å². The fraction of sp³-hybridized carbons (Fsp3) is 0.562. The predicted octanol–water partition coefficient (Wildman–Crippen LogP) is 3.35. The Kier molecular flexibility index (Phi) is 4.83. The molecule has 1 heterocycles. The van der Waals surface area contributed by atoms with Crippen molar-refractivity contribution in [2.75, 3.05) is 13.2 Å². The van der Waals surface area contributed by atoms with Gasteiger partial charge in [-0.2, -0.15) is 0 Å². The summed E-state index contributed by atoms with van der Waals surface area (Å²) < 4.78 is 24.7. The zero-order valence-electron chi connectivity index (χ0n) is 12.7. The summed E-state index contributed by atoms with van der Waals surface area (Å²) in [6, 6.07) is 5.07. The summed E-state index contributed by atoms with van der Waals surface area (Å²) in [5.74, 6) is -0.253. The molecule has 1 aliphatic rings. The van der Waals surface area contributed by atoms with Crippen LogP contribution in [0.4, 0.5) is 9.18 Å². The number of benzene rings is 1. The Morgan fingerprint density at radius 2 is 2.24 bits per heavy atom. The van der Waals surface area contributed by atoms with E-state index < -0.39 is 6.09 Å². The number of fused-ring (bicyclic) bond motifs is 1. The fourth-order valence-electron chi connectivity index (χ4n) is 2.38. The lowest BCUT2D eigenvalue weighted by Crippen LogP contribution is -2.41. The first-order chi connectivity index (χ1) is 9.87. The summed E-state index contributed by atoms with van der Waals surface area (Å²) in [6.07, 6.45) is 0.352. The average molecular weight is 295 g/mol. The Morgan fingerprint density at radius 3 is 2.95 bits per heavy atom. The number of amides is 1. The smallest absolute Gasteiger partial charge is 0.407 e. The average Bonchev–Trinajstić information content (AvgIpc) is 2.37. The highest BCUT2D eigenvalue weighted by molar-refractivity contribution is 5.68. The molecule has 1 aromatic carbocycles. The van der Waals surface area contributed by atoms with Crippen LogP contribution in [0.1, 0.15) is 44.4 Å². The van der Waals surface area contributed by atoms with Crippen molar-refractivity contribution in [1.29, 1.82) is 0 Å². The van der Waals surface area contributed by atoms with Crippen LogP contribution in [-0.2, 0) is 15.9 Å². The zero-order chi connectivity index (χ0) is 15.5. The summed E-state index contributed by atoms with van der Waals surface area (Å²) in [5, 5.41) is 2.71. The molecule has 1 amide bonds. The van der Waals surface area contributed by atoms with Gasteiger partial charge >= 0.3 is 6.09 Å². The number of alkyl carbamates (subject to hydrolysis) is 1. The van der Waals surface area contributed by atoms with Crippen LogP contribution in [0.15, 0.2) is 18.2 Å². The Morgan fingerprint density at radius 1 is 1.48 bits per heavy atom. The van der Waals surface area contributed by atoms with E-state index in [1.807, 2.05) is 26.8 Å². The number of carbonyl (C=O) groups excluding carboxylic acids is 1. The molecular weight excluding hydrogens is 273 g/mol. The molecule has 2 rings (SSSR count). The molecule has 0 bridgehead atoms. The lowest BCUT2D eigenvalue weighted by atomic mass is 9.95. The Hall–Kier alpha value is -1.62. The molecule has 0 spiro atoms. The first kappa shape index (κ1) is 15.8. The van der Waals surface area contributed by atoms with Crippen LogP contribution in [0.5, 0.6) is 0 Å². The summed E-state index contributed by atoms with van der Waals surface area (Å²) in [7, 11) is 0. The summed E-state index contributed by atoms with van der Waals surface area (Å²) in [5.41, 5.74) is 1.24. The van der Waals surface area contributed by atoms with Crippen LogP contribution in [0, 0.1) is 5.82 Å². The number of ether oxygens (including phenoxy) is 2. The molecule has 0 aromatic heterocycles. The molecule has 21 heavy (non-hydrogen) atoms. The molecule has 4 nitrogen and oxygen atoms in total. The highest BCUT2D eigenvalue weighted by Gasteiger charge is 2.24. The maximum Gasteiger partial charge on any atom is 0.407 e. The van der Waals surface area contributed by atoms with Crippen molar-refractivity contribution in [2.45, 2.75) is 45.3 Å². The summed E-state index contributed by atoms with van der Waals surface area (Å²) in [6.45, 7) is 6.40. The monoisotopic (exact) mass is 295 g/mol. The topological polar surface area (TPSA) is 47.6 Å². The third kappa shape index (κ3) is 4.43. The Balaban J connectivity index is 1.90. The quantitative estimate of drug-likeness (QED) is 0.930. The Labute approximate surface area is 124 Å². The third-order valence-electron chi connectivity index (χ3n) is 3.25. The van der Waals surface area contributed by atoms with E-state index in [1.54, 1.807) is 6.07 Å². The van der Waals surface area contributed by atoms with Crippen molar-refractivity contribution in [3.05, 3.63) is 35.1 Å². The Bertz CT molecular complexity index is 511. The van der Waals surface area contributed by atoms with Gasteiger partial charge in [0, 0.05) is 17.5 Å². The minimum absolute atomic E-state index is 0.195. The number of carbonyl (C=O) groups is 1. The van der Waals surface area contributed by atoms with Crippen LogP contribution in [-0.4, -0.2) is 24.8 Å². The molecule has 1 atom stereocenters. The van der Waals surface area contributed by atoms with Crippen molar-refractivity contribution < 1.29 is 18.7 Å². The molecule has 0 saturated carbocycles. The largest absolute Gasteiger partial charge is 0.449 e. The predicted molar refractivity (Wildman–Crippen MR) is 77.7 cm³/mol. The van der Waals surface area contributed by atoms with Crippen LogP contribution in [0.2, 0.25) is 0 Å². The summed E-state index contributed by atoms with van der Waals surface area (Å²) in [4.78, 5) is 11.6. The standard InChI is InChI=1S/C16H22FNO3/c1-16(2,3)18-15(19)21-10-8-13-14-11(7-9-20-13)5-4-6-12(14)17/h4-6,13H,7-10H2,1-3H3,(H,18,19). The molecule has 0 radical (unpaired) electrons. The molecular formula is C16H22FNO3. The van der Waals surface area contributed by atoms with Gasteiger partial charge in [0.15, 0.2) is 0 Å². The van der Waals surface area contributed by atoms with Crippen molar-refractivity contribution in [3.8, 4) is 0 Å². The molecule has 1 aromatic rings. The fourth-order valence-corrected chi connectivity index (χ4v) is 2.38. The van der Waals surface area contributed by atoms with Crippen LogP contribution in [0.3, 0.4) is 0 Å². The van der Waals surface area contributed by atoms with Gasteiger partial charge in [0.2, 0.25) is 0 Å². The number of nitrogens with one attached hydrogen (secondary N) is 1. The van der Waals surface area contributed by atoms with Gasteiger partial charge in [-0.1, -0.05) is 12.1 Å². The molecule has 0 fully saturated rings. The lowest BCUT2D eigenvalue weighted by molar-refractivity contribution is 0.0192. The van der Waals surface area contributed by atoms with Gasteiger partial charge < -0.3 is 14.8 Å². The van der Waals surface area contributed by atoms with Crippen LogP contribution >= 0.6 is 0 Å². The van der Waals surface area contributed by atoms with Crippen molar-refractivity contribution in [1.82, 2.24) is 5.32 Å². The number of hydrogen-bond acceptors (Lipinski definition) is 3. The molecule has 1 unspecified atom stereocenters. The number of halogens is 1. The van der Waals surface area contributed by atoms with Crippen LogP contribution in [0.25, 0.3) is 0 Å². The molecule has 116 valence electrons. The molecule has 0 aliphatic carbocycles. The second-order valence-electron chi connectivity index (χ2n) is 6.22. The van der Waals surface area contributed by atoms with E-state index in [9.17, 15) is 9.18 Å². The highest BCUT2D eigenvalue weighted by Crippen LogP contribution is 2.31. The van der Waals surface area contributed by atoms with E-state index in [-0.39, 0.29) is 24.1 Å². The molecule has 1 N–H and O–H groups in total. The maximum atomic E-state index is 13.9. The van der Waals surface area contributed by atoms with E-state index in [0.717, 1.165) is 12.0 Å². The lowest BCUT2D eigenvalue weighted by Gasteiger charge is -2.26. The molecule has 0 saturated heterocycles. The third-order valence-corrected chi connectivity index (χ3v) is 3.25. The second-order valence-corrected chi connectivity index (χ2v) is 6.22. The van der Waals surface area contributed by atoms with Crippen molar-refractivity contribution in [3.63, 3.8) is 0 Å². The van der Waals surface area contributed by atoms with Gasteiger partial charge in [-0.15, -0.1) is 0 Å². The van der Waals surface area contributed by atoms with Crippen LogP contribution < -0.4 is 5.32 Å². The summed E-state index contributed by atoms with van der Waals surface area (Å²) >= 11 is 0. The van der Waals surface area contributed by atoms with E-state index in [1.165, 1.54) is 6.07 Å².